The first-order valence-corrected chi connectivity index (χ1v) is 17.7. The molecule has 2 N–H and O–H groups in total. The highest BCUT2D eigenvalue weighted by atomic mass is 16.6. The molecule has 1 fully saturated rings. The highest BCUT2D eigenvalue weighted by Crippen LogP contribution is 2.21. The predicted octanol–water partition coefficient (Wildman–Crippen LogP) is 5.82. The number of amides is 4. The smallest absolute Gasteiger partial charge is 0.408 e. The molecule has 1 aliphatic rings. The Labute approximate surface area is 302 Å². The van der Waals surface area contributed by atoms with Crippen molar-refractivity contribution in [2.45, 2.75) is 96.1 Å². The van der Waals surface area contributed by atoms with Gasteiger partial charge in [-0.05, 0) is 81.9 Å². The van der Waals surface area contributed by atoms with Gasteiger partial charge in [-0.1, -0.05) is 78.9 Å². The lowest BCUT2D eigenvalue weighted by Crippen LogP contribution is -2.56. The van der Waals surface area contributed by atoms with Crippen LogP contribution >= 0.6 is 0 Å². The van der Waals surface area contributed by atoms with Gasteiger partial charge in [0.05, 0.1) is 6.10 Å². The number of benzene rings is 3. The molecule has 0 saturated carbocycles. The molecule has 4 rings (SSSR count). The summed E-state index contributed by atoms with van der Waals surface area (Å²) < 4.78 is 11.1. The molecule has 4 amide bonds. The fourth-order valence-corrected chi connectivity index (χ4v) is 6.10. The summed E-state index contributed by atoms with van der Waals surface area (Å²) in [5.74, 6) is -1.01. The topological polar surface area (TPSA) is 117 Å². The molecule has 0 bridgehead atoms. The average molecular weight is 699 g/mol. The second-order valence-corrected chi connectivity index (χ2v) is 15.0. The molecule has 1 unspecified atom stereocenters. The van der Waals surface area contributed by atoms with Crippen molar-refractivity contribution in [1.29, 1.82) is 0 Å². The van der Waals surface area contributed by atoms with Crippen LogP contribution in [0, 0.1) is 0 Å². The number of nitrogens with zero attached hydrogens (tertiary/aromatic N) is 2. The van der Waals surface area contributed by atoms with Gasteiger partial charge in [-0.25, -0.2) is 4.79 Å². The lowest BCUT2D eigenvalue weighted by Gasteiger charge is -2.34. The summed E-state index contributed by atoms with van der Waals surface area (Å²) in [6, 6.07) is 21.9. The van der Waals surface area contributed by atoms with Gasteiger partial charge in [0.15, 0.2) is 0 Å². The Kier molecular flexibility index (Phi) is 13.4. The zero-order valence-electron chi connectivity index (χ0n) is 31.1. The van der Waals surface area contributed by atoms with E-state index >= 15 is 0 Å². The van der Waals surface area contributed by atoms with Crippen LogP contribution in [0.25, 0.3) is 10.8 Å². The summed E-state index contributed by atoms with van der Waals surface area (Å²) in [6.45, 7) is 10.1. The fraction of sp³-hybridized carbons (Fsp3) is 0.463. The Bertz CT molecular complexity index is 1680. The van der Waals surface area contributed by atoms with Gasteiger partial charge in [0, 0.05) is 45.6 Å². The lowest BCUT2D eigenvalue weighted by molar-refractivity contribution is -0.146. The second kappa shape index (κ2) is 17.5. The van der Waals surface area contributed by atoms with Gasteiger partial charge in [0.25, 0.3) is 0 Å². The minimum atomic E-state index is -0.912. The molecule has 0 aliphatic carbocycles. The van der Waals surface area contributed by atoms with Crippen LogP contribution in [-0.4, -0.2) is 90.2 Å². The summed E-state index contributed by atoms with van der Waals surface area (Å²) in [7, 11) is 3.24. The maximum Gasteiger partial charge on any atom is 0.408 e. The van der Waals surface area contributed by atoms with Crippen molar-refractivity contribution in [1.82, 2.24) is 20.4 Å². The van der Waals surface area contributed by atoms with Crippen LogP contribution in [0.4, 0.5) is 4.79 Å². The highest BCUT2D eigenvalue weighted by molar-refractivity contribution is 5.95. The SMILES string of the molecule is CN(C(=O)/C=C/CC(C)(C)NC(=O)OC(C)(C)C)[C@H](Cc1ccc2ccccc2c1)C(=O)N(C)[C@H](Cc1ccccc1)C(=O)NCC1CCCO1. The fourth-order valence-electron chi connectivity index (χ4n) is 6.10. The van der Waals surface area contributed by atoms with Crippen molar-refractivity contribution in [3.8, 4) is 0 Å². The quantitative estimate of drug-likeness (QED) is 0.205. The normalized spacial score (nSPS) is 16.0. The van der Waals surface area contributed by atoms with E-state index in [9.17, 15) is 19.2 Å². The van der Waals surface area contributed by atoms with E-state index in [0.29, 0.717) is 26.0 Å². The molecule has 3 atom stereocenters. The van der Waals surface area contributed by atoms with E-state index in [0.717, 1.165) is 34.7 Å². The van der Waals surface area contributed by atoms with Gasteiger partial charge < -0.3 is 29.9 Å². The zero-order chi connectivity index (χ0) is 37.2. The van der Waals surface area contributed by atoms with Crippen molar-refractivity contribution >= 4 is 34.6 Å². The summed E-state index contributed by atoms with van der Waals surface area (Å²) in [5.41, 5.74) is 0.462. The van der Waals surface area contributed by atoms with E-state index in [1.54, 1.807) is 40.9 Å². The number of likely N-dealkylation sites (N-methyl/N-ethyl adjacent to an activating group) is 2. The number of carbonyl (C=O) groups is 4. The van der Waals surface area contributed by atoms with Crippen molar-refractivity contribution in [3.05, 3.63) is 96.1 Å². The molecule has 0 spiro atoms. The van der Waals surface area contributed by atoms with Crippen LogP contribution < -0.4 is 10.6 Å². The van der Waals surface area contributed by atoms with Crippen LogP contribution in [0.5, 0.6) is 0 Å². The van der Waals surface area contributed by atoms with E-state index in [2.05, 4.69) is 10.6 Å². The van der Waals surface area contributed by atoms with E-state index in [1.165, 1.54) is 15.9 Å². The lowest BCUT2D eigenvalue weighted by atomic mass is 9.98. The van der Waals surface area contributed by atoms with Crippen LogP contribution in [0.1, 0.15) is 65.0 Å². The maximum absolute atomic E-state index is 14.6. The molecule has 3 aromatic carbocycles. The van der Waals surface area contributed by atoms with E-state index in [4.69, 9.17) is 9.47 Å². The van der Waals surface area contributed by atoms with Crippen molar-refractivity contribution in [3.63, 3.8) is 0 Å². The van der Waals surface area contributed by atoms with E-state index in [-0.39, 0.29) is 30.2 Å². The molecule has 0 aromatic heterocycles. The third-order valence-corrected chi connectivity index (χ3v) is 8.99. The van der Waals surface area contributed by atoms with Gasteiger partial charge in [-0.3, -0.25) is 14.4 Å². The molecule has 10 nitrogen and oxygen atoms in total. The predicted molar refractivity (Wildman–Crippen MR) is 200 cm³/mol. The Morgan fingerprint density at radius 1 is 0.863 bits per heavy atom. The van der Waals surface area contributed by atoms with Crippen LogP contribution in [0.15, 0.2) is 84.9 Å². The molecular weight excluding hydrogens is 644 g/mol. The first-order valence-electron chi connectivity index (χ1n) is 17.7. The molecule has 1 aliphatic heterocycles. The second-order valence-electron chi connectivity index (χ2n) is 15.0. The average Bonchev–Trinajstić information content (AvgIpc) is 3.60. The van der Waals surface area contributed by atoms with Crippen molar-refractivity contribution in [2.24, 2.45) is 0 Å². The first-order chi connectivity index (χ1) is 24.1. The number of hydrogen-bond acceptors (Lipinski definition) is 6. The minimum absolute atomic E-state index is 0.0483. The van der Waals surface area contributed by atoms with E-state index < -0.39 is 29.3 Å². The van der Waals surface area contributed by atoms with E-state index in [1.807, 2.05) is 86.6 Å². The first kappa shape index (κ1) is 39.1. The Morgan fingerprint density at radius 2 is 1.53 bits per heavy atom. The summed E-state index contributed by atoms with van der Waals surface area (Å²) in [6.07, 6.45) is 5.25. The third-order valence-electron chi connectivity index (χ3n) is 8.99. The number of fused-ring (bicyclic) bond motifs is 1. The molecular formula is C41H54N4O6. The van der Waals surface area contributed by atoms with Gasteiger partial charge >= 0.3 is 6.09 Å². The number of carbonyl (C=O) groups excluding carboxylic acids is 4. The monoisotopic (exact) mass is 698 g/mol. The number of hydrogen-bond donors (Lipinski definition) is 2. The van der Waals surface area contributed by atoms with Crippen molar-refractivity contribution < 1.29 is 28.7 Å². The highest BCUT2D eigenvalue weighted by Gasteiger charge is 2.35. The molecule has 0 radical (unpaired) electrons. The van der Waals surface area contributed by atoms with Gasteiger partial charge in [0.2, 0.25) is 17.7 Å². The van der Waals surface area contributed by atoms with Crippen LogP contribution in [0.2, 0.25) is 0 Å². The third kappa shape index (κ3) is 12.0. The molecule has 1 heterocycles. The summed E-state index contributed by atoms with van der Waals surface area (Å²) in [5, 5.41) is 7.96. The number of nitrogens with one attached hydrogen (secondary N) is 2. The molecule has 274 valence electrons. The van der Waals surface area contributed by atoms with Crippen LogP contribution in [-0.2, 0) is 36.7 Å². The molecule has 51 heavy (non-hydrogen) atoms. The molecule has 3 aromatic rings. The standard InChI is InChI=1S/C41H54N4O6/c1-40(2,3)51-39(49)43-41(4,5)23-13-20-36(46)44(6)35(27-30-21-22-31-17-11-12-18-32(31)25-30)38(48)45(7)34(26-29-15-9-8-10-16-29)37(47)42-28-33-19-14-24-50-33/h8-13,15-18,20-22,25,33-35H,14,19,23-24,26-28H2,1-7H3,(H,42,47)(H,43,49)/b20-13+/t33?,34-,35-/m1/s1. The summed E-state index contributed by atoms with van der Waals surface area (Å²) >= 11 is 0. The molecule has 1 saturated heterocycles. The Morgan fingerprint density at radius 3 is 2.20 bits per heavy atom. The van der Waals surface area contributed by atoms with Gasteiger partial charge in [-0.2, -0.15) is 0 Å². The van der Waals surface area contributed by atoms with Crippen LogP contribution in [0.3, 0.4) is 0 Å². The Balaban J connectivity index is 1.57. The Hall–Kier alpha value is -4.70. The molecule has 10 heteroatoms. The zero-order valence-corrected chi connectivity index (χ0v) is 31.1. The largest absolute Gasteiger partial charge is 0.444 e. The van der Waals surface area contributed by atoms with Gasteiger partial charge in [0.1, 0.15) is 17.7 Å². The number of rotatable bonds is 14. The maximum atomic E-state index is 14.6. The number of alkyl carbamates (subject to hydrolysis) is 1. The van der Waals surface area contributed by atoms with Gasteiger partial charge in [-0.15, -0.1) is 0 Å². The number of ether oxygens (including phenoxy) is 2. The minimum Gasteiger partial charge on any atom is -0.444 e. The summed E-state index contributed by atoms with van der Waals surface area (Å²) in [4.78, 5) is 57.3. The van der Waals surface area contributed by atoms with Crippen molar-refractivity contribution in [2.75, 3.05) is 27.2 Å².